The van der Waals surface area contributed by atoms with E-state index in [-0.39, 0.29) is 30.4 Å². The van der Waals surface area contributed by atoms with Crippen molar-refractivity contribution in [3.8, 4) is 0 Å². The van der Waals surface area contributed by atoms with Crippen LogP contribution in [0.4, 0.5) is 0 Å². The zero-order chi connectivity index (χ0) is 19.3. The largest absolute Gasteiger partial charge is 0.455 e. The zero-order valence-corrected chi connectivity index (χ0v) is 16.9. The minimum atomic E-state index is -0.409. The predicted molar refractivity (Wildman–Crippen MR) is 104 cm³/mol. The van der Waals surface area contributed by atoms with Crippen molar-refractivity contribution >= 4 is 23.5 Å². The van der Waals surface area contributed by atoms with Crippen LogP contribution in [0.2, 0.25) is 5.02 Å². The third-order valence-electron chi connectivity index (χ3n) is 5.55. The van der Waals surface area contributed by atoms with E-state index >= 15 is 0 Å². The Labute approximate surface area is 161 Å². The molecule has 0 aromatic heterocycles. The molecule has 0 radical (unpaired) electrons. The third-order valence-corrected chi connectivity index (χ3v) is 5.80. The van der Waals surface area contributed by atoms with Crippen molar-refractivity contribution < 1.29 is 14.3 Å². The topological polar surface area (TPSA) is 55.4 Å². The van der Waals surface area contributed by atoms with Crippen molar-refractivity contribution in [3.63, 3.8) is 0 Å². The normalized spacial score (nSPS) is 24.2. The molecule has 1 N–H and O–H groups in total. The lowest BCUT2D eigenvalue weighted by Crippen LogP contribution is -2.45. The average Bonchev–Trinajstić information content (AvgIpc) is 2.59. The second-order valence-corrected chi connectivity index (χ2v) is 8.26. The van der Waals surface area contributed by atoms with Gasteiger partial charge in [-0.3, -0.25) is 9.59 Å². The average molecular weight is 380 g/mol. The van der Waals surface area contributed by atoms with E-state index in [1.165, 1.54) is 6.42 Å². The molecule has 1 aromatic rings. The van der Waals surface area contributed by atoms with Gasteiger partial charge in [-0.25, -0.2) is 0 Å². The first-order valence-corrected chi connectivity index (χ1v) is 9.88. The summed E-state index contributed by atoms with van der Waals surface area (Å²) < 4.78 is 5.33. The molecule has 0 bridgehead atoms. The lowest BCUT2D eigenvalue weighted by atomic mass is 9.78. The van der Waals surface area contributed by atoms with Gasteiger partial charge in [0.2, 0.25) is 0 Å². The summed E-state index contributed by atoms with van der Waals surface area (Å²) in [4.78, 5) is 24.8. The van der Waals surface area contributed by atoms with Crippen LogP contribution in [0.25, 0.3) is 0 Å². The van der Waals surface area contributed by atoms with E-state index in [9.17, 15) is 9.59 Å². The van der Waals surface area contributed by atoms with Crippen molar-refractivity contribution in [1.29, 1.82) is 0 Å². The van der Waals surface area contributed by atoms with Gasteiger partial charge in [0.05, 0.1) is 5.92 Å². The van der Waals surface area contributed by atoms with Crippen LogP contribution in [-0.4, -0.2) is 24.5 Å². The highest BCUT2D eigenvalue weighted by Crippen LogP contribution is 2.30. The number of nitrogens with one attached hydrogen (secondary N) is 1. The van der Waals surface area contributed by atoms with E-state index in [1.54, 1.807) is 12.1 Å². The van der Waals surface area contributed by atoms with Crippen molar-refractivity contribution in [2.75, 3.05) is 6.61 Å². The van der Waals surface area contributed by atoms with Gasteiger partial charge in [-0.1, -0.05) is 64.3 Å². The van der Waals surface area contributed by atoms with Gasteiger partial charge in [-0.05, 0) is 41.9 Å². The molecule has 26 heavy (non-hydrogen) atoms. The monoisotopic (exact) mass is 379 g/mol. The van der Waals surface area contributed by atoms with Gasteiger partial charge in [-0.15, -0.1) is 0 Å². The van der Waals surface area contributed by atoms with Crippen LogP contribution >= 0.6 is 11.6 Å². The number of esters is 1. The maximum Gasteiger partial charge on any atom is 0.314 e. The first kappa shape index (κ1) is 20.8. The summed E-state index contributed by atoms with van der Waals surface area (Å²) >= 11 is 5.92. The maximum atomic E-state index is 12.5. The van der Waals surface area contributed by atoms with E-state index in [0.29, 0.717) is 16.9 Å². The Hall–Kier alpha value is -1.55. The van der Waals surface area contributed by atoms with E-state index < -0.39 is 5.92 Å². The van der Waals surface area contributed by atoms with Gasteiger partial charge in [0.1, 0.15) is 0 Å². The van der Waals surface area contributed by atoms with Crippen molar-refractivity contribution in [2.24, 2.45) is 17.8 Å². The summed E-state index contributed by atoms with van der Waals surface area (Å²) in [5.74, 6) is 0.109. The molecule has 0 spiro atoms. The smallest absolute Gasteiger partial charge is 0.314 e. The van der Waals surface area contributed by atoms with Crippen LogP contribution in [0.15, 0.2) is 24.3 Å². The summed E-state index contributed by atoms with van der Waals surface area (Å²) in [6.45, 7) is 8.10. The SMILES string of the molecule is CC(C)[C@@H](C(=O)OCC(=O)N[C@H]1CCC[C@@H](C)[C@H]1C)c1ccc(Cl)cc1. The summed E-state index contributed by atoms with van der Waals surface area (Å²) in [5.41, 5.74) is 0.851. The molecule has 1 aliphatic rings. The fraction of sp³-hybridized carbons (Fsp3) is 0.619. The molecule has 144 valence electrons. The fourth-order valence-corrected chi connectivity index (χ4v) is 3.85. The van der Waals surface area contributed by atoms with E-state index in [0.717, 1.165) is 18.4 Å². The zero-order valence-electron chi connectivity index (χ0n) is 16.1. The van der Waals surface area contributed by atoms with Gasteiger partial charge in [0, 0.05) is 11.1 Å². The number of benzene rings is 1. The van der Waals surface area contributed by atoms with Crippen LogP contribution in [0.1, 0.15) is 58.4 Å². The molecule has 0 unspecified atom stereocenters. The van der Waals surface area contributed by atoms with E-state index in [2.05, 4.69) is 19.2 Å². The molecule has 0 heterocycles. The highest BCUT2D eigenvalue weighted by molar-refractivity contribution is 6.30. The molecule has 5 heteroatoms. The van der Waals surface area contributed by atoms with E-state index in [4.69, 9.17) is 16.3 Å². The molecule has 0 aliphatic heterocycles. The number of carbonyl (C=O) groups is 2. The number of hydrogen-bond donors (Lipinski definition) is 1. The third kappa shape index (κ3) is 5.47. The highest BCUT2D eigenvalue weighted by atomic mass is 35.5. The van der Waals surface area contributed by atoms with Gasteiger partial charge in [-0.2, -0.15) is 0 Å². The van der Waals surface area contributed by atoms with Gasteiger partial charge in [0.15, 0.2) is 6.61 Å². The van der Waals surface area contributed by atoms with Crippen molar-refractivity contribution in [3.05, 3.63) is 34.9 Å². The lowest BCUT2D eigenvalue weighted by molar-refractivity contribution is -0.151. The molecule has 1 amide bonds. The molecule has 4 nitrogen and oxygen atoms in total. The maximum absolute atomic E-state index is 12.5. The minimum absolute atomic E-state index is 0.0611. The minimum Gasteiger partial charge on any atom is -0.455 e. The Morgan fingerprint density at radius 3 is 2.46 bits per heavy atom. The standard InChI is InChI=1S/C21H30ClNO3/c1-13(2)20(16-8-10-17(22)11-9-16)21(25)26-12-19(24)23-18-7-5-6-14(3)15(18)4/h8-11,13-15,18,20H,5-7,12H2,1-4H3,(H,23,24)/t14-,15-,18+,20-/m1/s1. The van der Waals surface area contributed by atoms with Crippen LogP contribution < -0.4 is 5.32 Å². The van der Waals surface area contributed by atoms with Crippen LogP contribution in [0.3, 0.4) is 0 Å². The molecule has 0 saturated heterocycles. The first-order chi connectivity index (χ1) is 12.3. The lowest BCUT2D eigenvalue weighted by Gasteiger charge is -2.34. The predicted octanol–water partition coefficient (Wildman–Crippen LogP) is 4.56. The van der Waals surface area contributed by atoms with Crippen molar-refractivity contribution in [1.82, 2.24) is 5.32 Å². The van der Waals surface area contributed by atoms with Crippen molar-refractivity contribution in [2.45, 2.75) is 58.9 Å². The number of halogens is 1. The summed E-state index contributed by atoms with van der Waals surface area (Å²) in [7, 11) is 0. The quantitative estimate of drug-likeness (QED) is 0.737. The summed E-state index contributed by atoms with van der Waals surface area (Å²) in [5, 5.41) is 3.66. The van der Waals surface area contributed by atoms with Gasteiger partial charge < -0.3 is 10.1 Å². The molecule has 2 rings (SSSR count). The van der Waals surface area contributed by atoms with Crippen LogP contribution in [0.5, 0.6) is 0 Å². The molecular weight excluding hydrogens is 350 g/mol. The Kier molecular flexibility index (Phi) is 7.51. The Morgan fingerprint density at radius 1 is 1.19 bits per heavy atom. The second kappa shape index (κ2) is 9.40. The number of ether oxygens (including phenoxy) is 1. The van der Waals surface area contributed by atoms with E-state index in [1.807, 2.05) is 26.0 Å². The Bertz CT molecular complexity index is 614. The Balaban J connectivity index is 1.91. The van der Waals surface area contributed by atoms with Crippen LogP contribution in [0, 0.1) is 17.8 Å². The number of amides is 1. The fourth-order valence-electron chi connectivity index (χ4n) is 3.72. The number of hydrogen-bond acceptors (Lipinski definition) is 3. The van der Waals surface area contributed by atoms with Gasteiger partial charge >= 0.3 is 5.97 Å². The summed E-state index contributed by atoms with van der Waals surface area (Å²) in [6.07, 6.45) is 3.33. The molecular formula is C21H30ClNO3. The van der Waals surface area contributed by atoms with Gasteiger partial charge in [0.25, 0.3) is 5.91 Å². The first-order valence-electron chi connectivity index (χ1n) is 9.51. The number of rotatable bonds is 6. The molecule has 1 fully saturated rings. The number of carbonyl (C=O) groups excluding carboxylic acids is 2. The highest BCUT2D eigenvalue weighted by Gasteiger charge is 2.29. The second-order valence-electron chi connectivity index (χ2n) is 7.82. The molecule has 1 aliphatic carbocycles. The molecule has 1 aromatic carbocycles. The molecule has 4 atom stereocenters. The van der Waals surface area contributed by atoms with Crippen LogP contribution in [-0.2, 0) is 14.3 Å². The Morgan fingerprint density at radius 2 is 1.85 bits per heavy atom. The molecule has 1 saturated carbocycles. The summed E-state index contributed by atoms with van der Waals surface area (Å²) in [6, 6.07) is 7.36.